The van der Waals surface area contributed by atoms with Crippen molar-refractivity contribution in [2.45, 2.75) is 0 Å². The second-order valence-electron chi connectivity index (χ2n) is 12.1. The van der Waals surface area contributed by atoms with Crippen LogP contribution in [-0.4, -0.2) is 4.57 Å². The van der Waals surface area contributed by atoms with Gasteiger partial charge in [-0.05, 0) is 70.8 Å². The Morgan fingerprint density at radius 3 is 2.00 bits per heavy atom. The molecule has 0 N–H and O–H groups in total. The average molecular weight is 601 g/mol. The van der Waals surface area contributed by atoms with Gasteiger partial charge in [-0.1, -0.05) is 115 Å². The highest BCUT2D eigenvalue weighted by atomic mass is 16.3. The second-order valence-corrected chi connectivity index (χ2v) is 12.1. The van der Waals surface area contributed by atoms with Crippen LogP contribution in [0.5, 0.6) is 0 Å². The number of fused-ring (bicyclic) bond motifs is 9. The van der Waals surface area contributed by atoms with Crippen LogP contribution < -0.4 is 4.90 Å². The summed E-state index contributed by atoms with van der Waals surface area (Å²) in [6.45, 7) is 0. The molecule has 0 bridgehead atoms. The Morgan fingerprint density at radius 1 is 0.426 bits per heavy atom. The Labute approximate surface area is 271 Å². The Bertz CT molecular complexity index is 2800. The first-order chi connectivity index (χ1) is 23.3. The summed E-state index contributed by atoms with van der Waals surface area (Å²) in [5.74, 6) is 0. The number of para-hydroxylation sites is 3. The van der Waals surface area contributed by atoms with Gasteiger partial charge in [0.15, 0.2) is 5.58 Å². The first-order valence-corrected chi connectivity index (χ1v) is 16.0. The van der Waals surface area contributed by atoms with E-state index in [9.17, 15) is 0 Å². The Hall–Kier alpha value is -6.32. The lowest BCUT2D eigenvalue weighted by Crippen LogP contribution is -2.10. The predicted octanol–water partition coefficient (Wildman–Crippen LogP) is 12.5. The second kappa shape index (κ2) is 10.1. The molecule has 0 saturated heterocycles. The van der Waals surface area contributed by atoms with Crippen molar-refractivity contribution in [3.8, 4) is 5.69 Å². The van der Waals surface area contributed by atoms with Crippen LogP contribution in [0.25, 0.3) is 71.0 Å². The topological polar surface area (TPSA) is 21.3 Å². The maximum atomic E-state index is 6.93. The van der Waals surface area contributed by atoms with Gasteiger partial charge in [-0.25, -0.2) is 0 Å². The van der Waals surface area contributed by atoms with Gasteiger partial charge in [-0.2, -0.15) is 0 Å². The van der Waals surface area contributed by atoms with Gasteiger partial charge in [0.1, 0.15) is 5.58 Å². The third-order valence-corrected chi connectivity index (χ3v) is 9.53. The van der Waals surface area contributed by atoms with Crippen LogP contribution in [0.4, 0.5) is 17.1 Å². The molecule has 3 heteroatoms. The van der Waals surface area contributed by atoms with E-state index < -0.39 is 0 Å². The lowest BCUT2D eigenvalue weighted by Gasteiger charge is -2.27. The number of furan rings is 1. The van der Waals surface area contributed by atoms with E-state index in [1.165, 1.54) is 43.4 Å². The summed E-state index contributed by atoms with van der Waals surface area (Å²) >= 11 is 0. The maximum Gasteiger partial charge on any atom is 0.159 e. The number of nitrogens with zero attached hydrogens (tertiary/aromatic N) is 2. The van der Waals surface area contributed by atoms with Crippen LogP contribution in [0.3, 0.4) is 0 Å². The van der Waals surface area contributed by atoms with E-state index in [1.807, 2.05) is 0 Å². The molecule has 8 aromatic carbocycles. The summed E-state index contributed by atoms with van der Waals surface area (Å²) in [6.07, 6.45) is 0. The zero-order valence-electron chi connectivity index (χ0n) is 25.5. The molecule has 0 atom stereocenters. The van der Waals surface area contributed by atoms with Crippen molar-refractivity contribution in [1.82, 2.24) is 4.57 Å². The zero-order valence-corrected chi connectivity index (χ0v) is 25.5. The molecule has 0 unspecified atom stereocenters. The maximum absolute atomic E-state index is 6.93. The smallest absolute Gasteiger partial charge is 0.159 e. The lowest BCUT2D eigenvalue weighted by atomic mass is 10.0. The fourth-order valence-electron chi connectivity index (χ4n) is 7.49. The SMILES string of the molecule is c1ccc(-n2c3ccccc3c3c4c(ccc32)oc2c(N(c3ccc5ccccc5c3)c3cccc5ccccc35)cccc24)cc1. The van der Waals surface area contributed by atoms with Crippen LogP contribution in [0.15, 0.2) is 174 Å². The Balaban J connectivity index is 1.31. The lowest BCUT2D eigenvalue weighted by molar-refractivity contribution is 0.669. The van der Waals surface area contributed by atoms with Crippen molar-refractivity contribution in [1.29, 1.82) is 0 Å². The quantitative estimate of drug-likeness (QED) is 0.200. The van der Waals surface area contributed by atoms with Crippen molar-refractivity contribution in [3.05, 3.63) is 170 Å². The van der Waals surface area contributed by atoms with Crippen molar-refractivity contribution >= 4 is 82.4 Å². The van der Waals surface area contributed by atoms with Crippen LogP contribution in [0.2, 0.25) is 0 Å². The molecule has 0 saturated carbocycles. The van der Waals surface area contributed by atoms with E-state index >= 15 is 0 Å². The van der Waals surface area contributed by atoms with Crippen molar-refractivity contribution < 1.29 is 4.42 Å². The third-order valence-electron chi connectivity index (χ3n) is 9.53. The normalized spacial score (nSPS) is 11.8. The highest BCUT2D eigenvalue weighted by Gasteiger charge is 2.23. The molecule has 0 amide bonds. The third kappa shape index (κ3) is 3.87. The van der Waals surface area contributed by atoms with E-state index in [2.05, 4.69) is 179 Å². The van der Waals surface area contributed by atoms with E-state index in [1.54, 1.807) is 0 Å². The monoisotopic (exact) mass is 600 g/mol. The molecule has 3 nitrogen and oxygen atoms in total. The van der Waals surface area contributed by atoms with Crippen LogP contribution >= 0.6 is 0 Å². The molecule has 0 radical (unpaired) electrons. The van der Waals surface area contributed by atoms with Gasteiger partial charge in [0, 0.05) is 38.3 Å². The predicted molar refractivity (Wildman–Crippen MR) is 198 cm³/mol. The molecule has 0 spiro atoms. The minimum absolute atomic E-state index is 0.868. The highest BCUT2D eigenvalue weighted by molar-refractivity contribution is 6.28. The van der Waals surface area contributed by atoms with Gasteiger partial charge in [-0.15, -0.1) is 0 Å². The van der Waals surface area contributed by atoms with E-state index in [0.717, 1.165) is 44.7 Å². The largest absolute Gasteiger partial charge is 0.454 e. The van der Waals surface area contributed by atoms with E-state index in [-0.39, 0.29) is 0 Å². The molecular weight excluding hydrogens is 572 g/mol. The zero-order chi connectivity index (χ0) is 30.9. The molecule has 0 fully saturated rings. The summed E-state index contributed by atoms with van der Waals surface area (Å²) in [5.41, 5.74) is 8.44. The van der Waals surface area contributed by atoms with Crippen LogP contribution in [0, 0.1) is 0 Å². The minimum atomic E-state index is 0.868. The molecule has 0 aliphatic rings. The van der Waals surface area contributed by atoms with Gasteiger partial charge in [0.2, 0.25) is 0 Å². The standard InChI is InChI=1S/C44H28N2O/c1-2-16-32(17-3-1)45-38-21-9-8-19-35(38)42-39(45)26-27-41-43(42)36-20-11-23-40(44(36)47-41)46(33-25-24-29-12-4-5-14-31(29)28-33)37-22-10-15-30-13-6-7-18-34(30)37/h1-28H. The van der Waals surface area contributed by atoms with Gasteiger partial charge in [0.05, 0.1) is 22.4 Å². The summed E-state index contributed by atoms with van der Waals surface area (Å²) in [6, 6.07) is 60.6. The van der Waals surface area contributed by atoms with Crippen molar-refractivity contribution in [2.24, 2.45) is 0 Å². The number of anilines is 3. The molecule has 2 heterocycles. The number of rotatable bonds is 4. The molecular formula is C44H28N2O. The van der Waals surface area contributed by atoms with E-state index in [0.29, 0.717) is 0 Å². The first kappa shape index (κ1) is 26.0. The number of aromatic nitrogens is 1. The van der Waals surface area contributed by atoms with Gasteiger partial charge in [-0.3, -0.25) is 0 Å². The summed E-state index contributed by atoms with van der Waals surface area (Å²) in [7, 11) is 0. The average Bonchev–Trinajstić information content (AvgIpc) is 3.68. The minimum Gasteiger partial charge on any atom is -0.454 e. The fraction of sp³-hybridized carbons (Fsp3) is 0. The van der Waals surface area contributed by atoms with Crippen molar-refractivity contribution in [3.63, 3.8) is 0 Å². The van der Waals surface area contributed by atoms with E-state index in [4.69, 9.17) is 4.42 Å². The molecule has 0 aliphatic carbocycles. The molecule has 0 aliphatic heterocycles. The highest BCUT2D eigenvalue weighted by Crippen LogP contribution is 2.47. The number of benzene rings is 8. The molecule has 47 heavy (non-hydrogen) atoms. The fourth-order valence-corrected chi connectivity index (χ4v) is 7.49. The van der Waals surface area contributed by atoms with Gasteiger partial charge in [0.25, 0.3) is 0 Å². The molecule has 10 rings (SSSR count). The van der Waals surface area contributed by atoms with Gasteiger partial charge >= 0.3 is 0 Å². The Morgan fingerprint density at radius 2 is 1.11 bits per heavy atom. The summed E-state index contributed by atoms with van der Waals surface area (Å²) in [5, 5.41) is 9.46. The molecule has 10 aromatic rings. The molecule has 2 aromatic heterocycles. The van der Waals surface area contributed by atoms with Gasteiger partial charge < -0.3 is 13.9 Å². The number of hydrogen-bond donors (Lipinski definition) is 0. The Kier molecular flexibility index (Phi) is 5.57. The van der Waals surface area contributed by atoms with Crippen molar-refractivity contribution in [2.75, 3.05) is 4.90 Å². The summed E-state index contributed by atoms with van der Waals surface area (Å²) in [4.78, 5) is 2.37. The molecule has 220 valence electrons. The first-order valence-electron chi connectivity index (χ1n) is 16.0. The summed E-state index contributed by atoms with van der Waals surface area (Å²) < 4.78 is 9.29. The van der Waals surface area contributed by atoms with Crippen LogP contribution in [0.1, 0.15) is 0 Å². The van der Waals surface area contributed by atoms with Crippen LogP contribution in [-0.2, 0) is 0 Å². The number of hydrogen-bond acceptors (Lipinski definition) is 2.